The molecule has 9 heteroatoms. The minimum absolute atomic E-state index is 0.0160. The number of nitrogens with one attached hydrogen (secondary N) is 1. The van der Waals surface area contributed by atoms with E-state index in [1.165, 1.54) is 29.2 Å². The first kappa shape index (κ1) is 32.4. The van der Waals surface area contributed by atoms with Gasteiger partial charge in [-0.25, -0.2) is 12.8 Å². The van der Waals surface area contributed by atoms with Gasteiger partial charge in [-0.15, -0.1) is 0 Å². The summed E-state index contributed by atoms with van der Waals surface area (Å²) >= 11 is 0. The van der Waals surface area contributed by atoms with Crippen molar-refractivity contribution in [3.8, 4) is 0 Å². The predicted octanol–water partition coefficient (Wildman–Crippen LogP) is 5.74. The molecule has 44 heavy (non-hydrogen) atoms. The van der Waals surface area contributed by atoms with Gasteiger partial charge in [0.1, 0.15) is 18.4 Å². The molecule has 0 aliphatic carbocycles. The summed E-state index contributed by atoms with van der Waals surface area (Å²) in [6.07, 6.45) is 0.227. The van der Waals surface area contributed by atoms with Crippen molar-refractivity contribution in [2.45, 2.75) is 44.7 Å². The van der Waals surface area contributed by atoms with Gasteiger partial charge >= 0.3 is 0 Å². The summed E-state index contributed by atoms with van der Waals surface area (Å²) in [4.78, 5) is 29.6. The molecule has 2 amide bonds. The molecule has 230 valence electrons. The molecule has 1 N–H and O–H groups in total. The zero-order valence-electron chi connectivity index (χ0n) is 25.2. The van der Waals surface area contributed by atoms with Gasteiger partial charge in [0.25, 0.3) is 10.0 Å². The molecule has 0 heterocycles. The SMILES string of the molecule is Cc1ccc(CN(C(=O)CN(c2ccc(F)cc2)S(=O)(=O)c2ccccc2)[C@@H](Cc2ccccc2)C(=O)NCC(C)C)cc1. The molecule has 1 atom stereocenters. The third kappa shape index (κ3) is 8.54. The van der Waals surface area contributed by atoms with Crippen molar-refractivity contribution < 1.29 is 22.4 Å². The van der Waals surface area contributed by atoms with Gasteiger partial charge < -0.3 is 10.2 Å². The lowest BCUT2D eigenvalue weighted by molar-refractivity contribution is -0.140. The number of nitrogens with zero attached hydrogens (tertiary/aromatic N) is 2. The predicted molar refractivity (Wildman–Crippen MR) is 171 cm³/mol. The molecule has 7 nitrogen and oxygen atoms in total. The van der Waals surface area contributed by atoms with Crippen molar-refractivity contribution in [1.82, 2.24) is 10.2 Å². The van der Waals surface area contributed by atoms with Crippen LogP contribution in [0.2, 0.25) is 0 Å². The maximum Gasteiger partial charge on any atom is 0.264 e. The fourth-order valence-electron chi connectivity index (χ4n) is 4.72. The van der Waals surface area contributed by atoms with Crippen molar-refractivity contribution >= 4 is 27.5 Å². The number of hydrogen-bond donors (Lipinski definition) is 1. The normalized spacial score (nSPS) is 12.0. The summed E-state index contributed by atoms with van der Waals surface area (Å²) in [5.41, 5.74) is 2.81. The largest absolute Gasteiger partial charge is 0.354 e. The minimum atomic E-state index is -4.24. The fraction of sp³-hybridized carbons (Fsp3) is 0.257. The highest BCUT2D eigenvalue weighted by molar-refractivity contribution is 7.92. The molecule has 0 aromatic heterocycles. The van der Waals surface area contributed by atoms with Gasteiger partial charge in [0.05, 0.1) is 10.6 Å². The summed E-state index contributed by atoms with van der Waals surface area (Å²) in [6, 6.07) is 28.8. The lowest BCUT2D eigenvalue weighted by atomic mass is 10.0. The van der Waals surface area contributed by atoms with Gasteiger partial charge in [0.15, 0.2) is 0 Å². The lowest BCUT2D eigenvalue weighted by Crippen LogP contribution is -2.53. The minimum Gasteiger partial charge on any atom is -0.354 e. The number of benzene rings is 4. The van der Waals surface area contributed by atoms with Crippen LogP contribution >= 0.6 is 0 Å². The van der Waals surface area contributed by atoms with E-state index in [-0.39, 0.29) is 35.4 Å². The molecule has 4 rings (SSSR count). The van der Waals surface area contributed by atoms with Crippen LogP contribution in [0.15, 0.2) is 114 Å². The quantitative estimate of drug-likeness (QED) is 0.208. The number of carbonyl (C=O) groups is 2. The molecule has 0 bridgehead atoms. The van der Waals surface area contributed by atoms with Crippen LogP contribution in [0, 0.1) is 18.7 Å². The number of halogens is 1. The topological polar surface area (TPSA) is 86.8 Å². The Balaban J connectivity index is 1.78. The highest BCUT2D eigenvalue weighted by Gasteiger charge is 2.34. The summed E-state index contributed by atoms with van der Waals surface area (Å²) in [7, 11) is -4.24. The Morgan fingerprint density at radius 3 is 1.98 bits per heavy atom. The van der Waals surface area contributed by atoms with Gasteiger partial charge in [-0.3, -0.25) is 13.9 Å². The third-order valence-corrected chi connectivity index (χ3v) is 8.94. The van der Waals surface area contributed by atoms with E-state index >= 15 is 0 Å². The van der Waals surface area contributed by atoms with E-state index in [1.807, 2.05) is 75.4 Å². The van der Waals surface area contributed by atoms with E-state index in [2.05, 4.69) is 5.32 Å². The fourth-order valence-corrected chi connectivity index (χ4v) is 6.16. The Morgan fingerprint density at radius 2 is 1.39 bits per heavy atom. The lowest BCUT2D eigenvalue weighted by Gasteiger charge is -2.34. The van der Waals surface area contributed by atoms with Crippen LogP contribution in [-0.4, -0.2) is 44.3 Å². The summed E-state index contributed by atoms with van der Waals surface area (Å²) in [5, 5.41) is 2.97. The number of rotatable bonds is 13. The first-order chi connectivity index (χ1) is 21.0. The van der Waals surface area contributed by atoms with Crippen LogP contribution in [0.25, 0.3) is 0 Å². The average molecular weight is 616 g/mol. The molecule has 4 aromatic rings. The Labute approximate surface area is 259 Å². The molecular weight excluding hydrogens is 577 g/mol. The molecule has 0 saturated heterocycles. The van der Waals surface area contributed by atoms with E-state index in [0.717, 1.165) is 33.1 Å². The van der Waals surface area contributed by atoms with Gasteiger partial charge in [-0.2, -0.15) is 0 Å². The molecule has 0 saturated carbocycles. The van der Waals surface area contributed by atoms with E-state index < -0.39 is 34.3 Å². The number of aryl methyl sites for hydroxylation is 1. The number of anilines is 1. The number of hydrogen-bond acceptors (Lipinski definition) is 4. The first-order valence-electron chi connectivity index (χ1n) is 14.5. The Kier molecular flexibility index (Phi) is 10.9. The Hall–Kier alpha value is -4.50. The van der Waals surface area contributed by atoms with Crippen molar-refractivity contribution in [3.63, 3.8) is 0 Å². The maximum absolute atomic E-state index is 14.4. The number of sulfonamides is 1. The highest BCUT2D eigenvalue weighted by Crippen LogP contribution is 2.25. The second kappa shape index (κ2) is 14.8. The summed E-state index contributed by atoms with van der Waals surface area (Å²) in [6.45, 7) is 5.82. The van der Waals surface area contributed by atoms with E-state index in [0.29, 0.717) is 6.54 Å². The van der Waals surface area contributed by atoms with Gasteiger partial charge in [-0.1, -0.05) is 92.2 Å². The molecule has 0 spiro atoms. The van der Waals surface area contributed by atoms with Crippen LogP contribution in [0.4, 0.5) is 10.1 Å². The van der Waals surface area contributed by atoms with Crippen LogP contribution < -0.4 is 9.62 Å². The standard InChI is InChI=1S/C35H38FN3O4S/c1-26(2)23-37-35(41)33(22-28-10-6-4-7-11-28)38(24-29-16-14-27(3)15-17-29)34(40)25-39(31-20-18-30(36)19-21-31)44(42,43)32-12-8-5-9-13-32/h4-21,26,33H,22-25H2,1-3H3,(H,37,41)/t33-/m0/s1. The second-order valence-electron chi connectivity index (χ2n) is 11.2. The van der Waals surface area contributed by atoms with Gasteiger partial charge in [-0.05, 0) is 60.4 Å². The molecule has 0 fully saturated rings. The molecule has 4 aromatic carbocycles. The molecule has 0 radical (unpaired) electrons. The summed E-state index contributed by atoms with van der Waals surface area (Å²) in [5.74, 6) is -1.26. The number of amides is 2. The van der Waals surface area contributed by atoms with E-state index in [4.69, 9.17) is 0 Å². The number of carbonyl (C=O) groups excluding carboxylic acids is 2. The smallest absolute Gasteiger partial charge is 0.264 e. The van der Waals surface area contributed by atoms with E-state index in [1.54, 1.807) is 18.2 Å². The average Bonchev–Trinajstić information content (AvgIpc) is 3.02. The highest BCUT2D eigenvalue weighted by atomic mass is 32.2. The Bertz CT molecular complexity index is 1630. The molecule has 0 aliphatic rings. The second-order valence-corrected chi connectivity index (χ2v) is 13.0. The van der Waals surface area contributed by atoms with Crippen LogP contribution in [-0.2, 0) is 32.6 Å². The van der Waals surface area contributed by atoms with Crippen molar-refractivity contribution in [3.05, 3.63) is 132 Å². The zero-order valence-corrected chi connectivity index (χ0v) is 26.0. The van der Waals surface area contributed by atoms with Gasteiger partial charge in [0.2, 0.25) is 11.8 Å². The Morgan fingerprint density at radius 1 is 0.795 bits per heavy atom. The first-order valence-corrected chi connectivity index (χ1v) is 16.0. The molecular formula is C35H38FN3O4S. The van der Waals surface area contributed by atoms with Crippen LogP contribution in [0.3, 0.4) is 0 Å². The van der Waals surface area contributed by atoms with Crippen molar-refractivity contribution in [2.75, 3.05) is 17.4 Å². The zero-order chi connectivity index (χ0) is 31.7. The van der Waals surface area contributed by atoms with Crippen LogP contribution in [0.1, 0.15) is 30.5 Å². The van der Waals surface area contributed by atoms with E-state index in [9.17, 15) is 22.4 Å². The monoisotopic (exact) mass is 615 g/mol. The summed E-state index contributed by atoms with van der Waals surface area (Å²) < 4.78 is 42.7. The van der Waals surface area contributed by atoms with Crippen LogP contribution in [0.5, 0.6) is 0 Å². The maximum atomic E-state index is 14.4. The molecule has 0 unspecified atom stereocenters. The van der Waals surface area contributed by atoms with Gasteiger partial charge in [0, 0.05) is 19.5 Å². The van der Waals surface area contributed by atoms with Crippen molar-refractivity contribution in [2.24, 2.45) is 5.92 Å². The molecule has 0 aliphatic heterocycles. The van der Waals surface area contributed by atoms with Crippen molar-refractivity contribution in [1.29, 1.82) is 0 Å². The third-order valence-electron chi connectivity index (χ3n) is 7.15.